The molecule has 1 aliphatic heterocycles. The van der Waals surface area contributed by atoms with Crippen LogP contribution in [0.2, 0.25) is 0 Å². The van der Waals surface area contributed by atoms with Gasteiger partial charge in [-0.3, -0.25) is 9.69 Å². The summed E-state index contributed by atoms with van der Waals surface area (Å²) in [5, 5.41) is 13.5. The number of aliphatic hydroxyl groups is 1. The SMILES string of the molecule is CN(CC(=O)N1CCNCC1)CC1(O)CCCC1. The summed E-state index contributed by atoms with van der Waals surface area (Å²) in [6.45, 7) is 4.42. The molecule has 0 spiro atoms. The molecular weight excluding hydrogens is 230 g/mol. The fraction of sp³-hybridized carbons (Fsp3) is 0.923. The van der Waals surface area contributed by atoms with E-state index in [2.05, 4.69) is 5.32 Å². The van der Waals surface area contributed by atoms with Crippen molar-refractivity contribution in [2.45, 2.75) is 31.3 Å². The van der Waals surface area contributed by atoms with E-state index in [1.54, 1.807) is 0 Å². The number of piperazine rings is 1. The molecule has 1 aliphatic carbocycles. The van der Waals surface area contributed by atoms with Crippen molar-refractivity contribution in [3.05, 3.63) is 0 Å². The van der Waals surface area contributed by atoms with Gasteiger partial charge in [0.2, 0.25) is 5.91 Å². The Morgan fingerprint density at radius 3 is 2.56 bits per heavy atom. The molecule has 0 aromatic carbocycles. The largest absolute Gasteiger partial charge is 0.389 e. The molecule has 18 heavy (non-hydrogen) atoms. The highest BCUT2D eigenvalue weighted by Crippen LogP contribution is 2.29. The van der Waals surface area contributed by atoms with Crippen molar-refractivity contribution >= 4 is 5.91 Å². The van der Waals surface area contributed by atoms with Crippen LogP contribution in [0.4, 0.5) is 0 Å². The van der Waals surface area contributed by atoms with Crippen LogP contribution in [-0.2, 0) is 4.79 Å². The van der Waals surface area contributed by atoms with Crippen molar-refractivity contribution in [3.8, 4) is 0 Å². The first-order chi connectivity index (χ1) is 8.59. The number of carbonyl (C=O) groups excluding carboxylic acids is 1. The van der Waals surface area contributed by atoms with Gasteiger partial charge in [0.05, 0.1) is 12.1 Å². The van der Waals surface area contributed by atoms with Gasteiger partial charge in [-0.05, 0) is 19.9 Å². The summed E-state index contributed by atoms with van der Waals surface area (Å²) < 4.78 is 0. The van der Waals surface area contributed by atoms with E-state index in [1.807, 2.05) is 16.8 Å². The summed E-state index contributed by atoms with van der Waals surface area (Å²) in [7, 11) is 1.93. The Morgan fingerprint density at radius 2 is 1.94 bits per heavy atom. The van der Waals surface area contributed by atoms with Gasteiger partial charge in [0.25, 0.3) is 0 Å². The third-order valence-corrected chi connectivity index (χ3v) is 3.97. The van der Waals surface area contributed by atoms with Gasteiger partial charge in [0.1, 0.15) is 0 Å². The third kappa shape index (κ3) is 3.67. The highest BCUT2D eigenvalue weighted by atomic mass is 16.3. The van der Waals surface area contributed by atoms with Gasteiger partial charge in [-0.2, -0.15) is 0 Å². The Bertz CT molecular complexity index is 284. The first kappa shape index (κ1) is 13.8. The molecule has 5 nitrogen and oxygen atoms in total. The Labute approximate surface area is 109 Å². The maximum absolute atomic E-state index is 12.1. The number of nitrogens with one attached hydrogen (secondary N) is 1. The van der Waals surface area contributed by atoms with E-state index in [4.69, 9.17) is 0 Å². The molecule has 2 aliphatic rings. The summed E-state index contributed by atoms with van der Waals surface area (Å²) >= 11 is 0. The van der Waals surface area contributed by atoms with E-state index in [0.29, 0.717) is 13.1 Å². The quantitative estimate of drug-likeness (QED) is 0.721. The van der Waals surface area contributed by atoms with Crippen molar-refractivity contribution in [3.63, 3.8) is 0 Å². The van der Waals surface area contributed by atoms with Gasteiger partial charge in [-0.15, -0.1) is 0 Å². The van der Waals surface area contributed by atoms with Crippen LogP contribution < -0.4 is 5.32 Å². The number of amides is 1. The van der Waals surface area contributed by atoms with E-state index in [1.165, 1.54) is 0 Å². The van der Waals surface area contributed by atoms with Crippen molar-refractivity contribution in [1.82, 2.24) is 15.1 Å². The van der Waals surface area contributed by atoms with Gasteiger partial charge in [-0.25, -0.2) is 0 Å². The molecular formula is C13H25N3O2. The summed E-state index contributed by atoms with van der Waals surface area (Å²) in [5.74, 6) is 0.181. The van der Waals surface area contributed by atoms with Crippen LogP contribution in [0.1, 0.15) is 25.7 Å². The summed E-state index contributed by atoms with van der Waals surface area (Å²) in [4.78, 5) is 15.9. The van der Waals surface area contributed by atoms with Crippen LogP contribution >= 0.6 is 0 Å². The Morgan fingerprint density at radius 1 is 1.33 bits per heavy atom. The van der Waals surface area contributed by atoms with Gasteiger partial charge in [0.15, 0.2) is 0 Å². The molecule has 2 fully saturated rings. The number of hydrogen-bond acceptors (Lipinski definition) is 4. The molecule has 1 amide bonds. The molecule has 1 saturated carbocycles. The van der Waals surface area contributed by atoms with Gasteiger partial charge in [0, 0.05) is 32.7 Å². The van der Waals surface area contributed by atoms with E-state index < -0.39 is 5.60 Å². The van der Waals surface area contributed by atoms with Crippen molar-refractivity contribution < 1.29 is 9.90 Å². The predicted octanol–water partition coefficient (Wildman–Crippen LogP) is -0.345. The molecule has 0 bridgehead atoms. The Hall–Kier alpha value is -0.650. The second-order valence-electron chi connectivity index (χ2n) is 5.73. The van der Waals surface area contributed by atoms with Crippen LogP contribution in [0.5, 0.6) is 0 Å². The van der Waals surface area contributed by atoms with E-state index in [-0.39, 0.29) is 5.91 Å². The number of nitrogens with zero attached hydrogens (tertiary/aromatic N) is 2. The normalized spacial score (nSPS) is 23.6. The number of hydrogen-bond donors (Lipinski definition) is 2. The molecule has 0 radical (unpaired) electrons. The van der Waals surface area contributed by atoms with Crippen molar-refractivity contribution in [1.29, 1.82) is 0 Å². The molecule has 1 saturated heterocycles. The van der Waals surface area contributed by atoms with Crippen molar-refractivity contribution in [2.75, 3.05) is 46.3 Å². The highest BCUT2D eigenvalue weighted by Gasteiger charge is 2.32. The van der Waals surface area contributed by atoms with Crippen LogP contribution in [0.25, 0.3) is 0 Å². The second-order valence-corrected chi connectivity index (χ2v) is 5.73. The molecule has 0 unspecified atom stereocenters. The van der Waals surface area contributed by atoms with Crippen LogP contribution in [0.15, 0.2) is 0 Å². The average molecular weight is 255 g/mol. The summed E-state index contributed by atoms with van der Waals surface area (Å²) in [5.41, 5.74) is -0.557. The smallest absolute Gasteiger partial charge is 0.236 e. The first-order valence-electron chi connectivity index (χ1n) is 6.98. The number of carbonyl (C=O) groups is 1. The van der Waals surface area contributed by atoms with Crippen LogP contribution in [-0.4, -0.2) is 72.7 Å². The van der Waals surface area contributed by atoms with Gasteiger partial charge in [-0.1, -0.05) is 12.8 Å². The lowest BCUT2D eigenvalue weighted by Crippen LogP contribution is -2.50. The summed E-state index contributed by atoms with van der Waals surface area (Å²) in [6.07, 6.45) is 3.96. The molecule has 1 heterocycles. The lowest BCUT2D eigenvalue weighted by Gasteiger charge is -2.32. The maximum atomic E-state index is 12.1. The van der Waals surface area contributed by atoms with Crippen molar-refractivity contribution in [2.24, 2.45) is 0 Å². The third-order valence-electron chi connectivity index (χ3n) is 3.97. The zero-order valence-corrected chi connectivity index (χ0v) is 11.3. The summed E-state index contributed by atoms with van der Waals surface area (Å²) in [6, 6.07) is 0. The minimum atomic E-state index is -0.557. The standard InChI is InChI=1S/C13H25N3O2/c1-15(11-13(18)4-2-3-5-13)10-12(17)16-8-6-14-7-9-16/h14,18H,2-11H2,1H3. The molecule has 0 aromatic rings. The minimum absolute atomic E-state index is 0.181. The van der Waals surface area contributed by atoms with Crippen LogP contribution in [0, 0.1) is 0 Å². The number of likely N-dealkylation sites (N-methyl/N-ethyl adjacent to an activating group) is 1. The van der Waals surface area contributed by atoms with Crippen LogP contribution in [0.3, 0.4) is 0 Å². The maximum Gasteiger partial charge on any atom is 0.236 e. The molecule has 104 valence electrons. The van der Waals surface area contributed by atoms with Gasteiger partial charge < -0.3 is 15.3 Å². The molecule has 0 atom stereocenters. The molecule has 5 heteroatoms. The van der Waals surface area contributed by atoms with E-state index in [0.717, 1.165) is 51.9 Å². The Balaban J connectivity index is 1.75. The number of rotatable bonds is 4. The van der Waals surface area contributed by atoms with E-state index in [9.17, 15) is 9.90 Å². The second kappa shape index (κ2) is 5.99. The fourth-order valence-corrected chi connectivity index (χ4v) is 2.99. The lowest BCUT2D eigenvalue weighted by molar-refractivity contribution is -0.133. The Kier molecular flexibility index (Phi) is 4.59. The first-order valence-corrected chi connectivity index (χ1v) is 6.98. The zero-order valence-electron chi connectivity index (χ0n) is 11.3. The topological polar surface area (TPSA) is 55.8 Å². The fourth-order valence-electron chi connectivity index (χ4n) is 2.99. The van der Waals surface area contributed by atoms with E-state index >= 15 is 0 Å². The zero-order chi connectivity index (χ0) is 13.0. The monoisotopic (exact) mass is 255 g/mol. The predicted molar refractivity (Wildman–Crippen MR) is 70.4 cm³/mol. The molecule has 2 rings (SSSR count). The molecule has 2 N–H and O–H groups in total. The van der Waals surface area contributed by atoms with Gasteiger partial charge >= 0.3 is 0 Å². The highest BCUT2D eigenvalue weighted by molar-refractivity contribution is 5.78. The lowest BCUT2D eigenvalue weighted by atomic mass is 10.0. The molecule has 0 aromatic heterocycles. The average Bonchev–Trinajstić information content (AvgIpc) is 2.76. The minimum Gasteiger partial charge on any atom is -0.389 e.